The first kappa shape index (κ1) is 19.5. The zero-order chi connectivity index (χ0) is 17.6. The van der Waals surface area contributed by atoms with Gasteiger partial charge < -0.3 is 4.90 Å². The quantitative estimate of drug-likeness (QED) is 0.731. The number of amides is 1. The van der Waals surface area contributed by atoms with Crippen LogP contribution in [0.2, 0.25) is 0 Å². The molecule has 0 unspecified atom stereocenters. The van der Waals surface area contributed by atoms with Crippen LogP contribution in [0, 0.1) is 13.8 Å². The Kier molecular flexibility index (Phi) is 7.06. The van der Waals surface area contributed by atoms with Crippen LogP contribution in [0.1, 0.15) is 37.8 Å². The Morgan fingerprint density at radius 2 is 1.74 bits per heavy atom. The highest BCUT2D eigenvalue weighted by Crippen LogP contribution is 2.25. The van der Waals surface area contributed by atoms with Gasteiger partial charge in [0, 0.05) is 26.1 Å². The number of benzene rings is 1. The van der Waals surface area contributed by atoms with E-state index in [0.29, 0.717) is 38.2 Å². The molecule has 0 N–H and O–H groups in total. The predicted octanol–water partition coefficient (Wildman–Crippen LogP) is 2.72. The lowest BCUT2D eigenvalue weighted by molar-refractivity contribution is -0.130. The second-order valence-electron chi connectivity index (χ2n) is 5.72. The maximum absolute atomic E-state index is 12.1. The Labute approximate surface area is 140 Å². The summed E-state index contributed by atoms with van der Waals surface area (Å²) in [6, 6.07) is 5.63. The van der Waals surface area contributed by atoms with Gasteiger partial charge in [-0.05, 0) is 51.3 Å². The van der Waals surface area contributed by atoms with Crippen LogP contribution < -0.4 is 4.31 Å². The SMILES string of the molecule is CCN(CC)C(=O)CCCN(c1cccc(C)c1C)S(C)(=O)=O. The van der Waals surface area contributed by atoms with Gasteiger partial charge in [-0.3, -0.25) is 9.10 Å². The number of carbonyl (C=O) groups excluding carboxylic acids is 1. The highest BCUT2D eigenvalue weighted by Gasteiger charge is 2.20. The van der Waals surface area contributed by atoms with Crippen LogP contribution in [0.25, 0.3) is 0 Å². The minimum absolute atomic E-state index is 0.0735. The third-order valence-electron chi connectivity index (χ3n) is 4.11. The molecule has 0 heterocycles. The van der Waals surface area contributed by atoms with Crippen LogP contribution in [0.3, 0.4) is 0 Å². The molecule has 1 aromatic rings. The average Bonchev–Trinajstić information content (AvgIpc) is 2.47. The normalized spacial score (nSPS) is 11.3. The van der Waals surface area contributed by atoms with Gasteiger partial charge in [-0.2, -0.15) is 0 Å². The summed E-state index contributed by atoms with van der Waals surface area (Å²) < 4.78 is 25.7. The van der Waals surface area contributed by atoms with Gasteiger partial charge in [0.1, 0.15) is 0 Å². The van der Waals surface area contributed by atoms with Crippen molar-refractivity contribution < 1.29 is 13.2 Å². The molecule has 0 bridgehead atoms. The van der Waals surface area contributed by atoms with Crippen molar-refractivity contribution in [3.05, 3.63) is 29.3 Å². The van der Waals surface area contributed by atoms with Crippen LogP contribution in [-0.4, -0.2) is 45.1 Å². The van der Waals surface area contributed by atoms with Crippen molar-refractivity contribution in [3.8, 4) is 0 Å². The Hall–Kier alpha value is -1.56. The first-order valence-electron chi connectivity index (χ1n) is 8.04. The third-order valence-corrected chi connectivity index (χ3v) is 5.29. The summed E-state index contributed by atoms with van der Waals surface area (Å²) in [5, 5.41) is 0. The number of nitrogens with zero attached hydrogens (tertiary/aromatic N) is 2. The van der Waals surface area contributed by atoms with Gasteiger partial charge >= 0.3 is 0 Å². The molecule has 6 heteroatoms. The molecule has 0 atom stereocenters. The number of carbonyl (C=O) groups is 1. The Balaban J connectivity index is 2.87. The Morgan fingerprint density at radius 1 is 1.13 bits per heavy atom. The van der Waals surface area contributed by atoms with Crippen LogP contribution >= 0.6 is 0 Å². The van der Waals surface area contributed by atoms with Gasteiger partial charge in [0.25, 0.3) is 0 Å². The summed E-state index contributed by atoms with van der Waals surface area (Å²) in [5.74, 6) is 0.0735. The summed E-state index contributed by atoms with van der Waals surface area (Å²) >= 11 is 0. The van der Waals surface area contributed by atoms with Crippen molar-refractivity contribution >= 4 is 21.6 Å². The fraction of sp³-hybridized carbons (Fsp3) is 0.588. The molecule has 0 aromatic heterocycles. The van der Waals surface area contributed by atoms with Crippen molar-refractivity contribution in [2.24, 2.45) is 0 Å². The molecular weight excluding hydrogens is 312 g/mol. The number of hydrogen-bond donors (Lipinski definition) is 0. The number of sulfonamides is 1. The maximum atomic E-state index is 12.1. The lowest BCUT2D eigenvalue weighted by Gasteiger charge is -2.25. The molecule has 1 amide bonds. The molecule has 0 saturated heterocycles. The summed E-state index contributed by atoms with van der Waals surface area (Å²) in [6.07, 6.45) is 2.08. The van der Waals surface area contributed by atoms with Crippen LogP contribution in [0.15, 0.2) is 18.2 Å². The first-order chi connectivity index (χ1) is 10.7. The molecule has 0 aliphatic carbocycles. The first-order valence-corrected chi connectivity index (χ1v) is 9.88. The van der Waals surface area contributed by atoms with Gasteiger partial charge in [0.2, 0.25) is 15.9 Å². The van der Waals surface area contributed by atoms with E-state index in [2.05, 4.69) is 0 Å². The molecule has 0 spiro atoms. The van der Waals surface area contributed by atoms with Crippen molar-refractivity contribution in [2.45, 2.75) is 40.5 Å². The monoisotopic (exact) mass is 340 g/mol. The summed E-state index contributed by atoms with van der Waals surface area (Å²) in [7, 11) is -3.38. The number of anilines is 1. The Morgan fingerprint density at radius 3 is 2.26 bits per heavy atom. The largest absolute Gasteiger partial charge is 0.343 e. The standard InChI is InChI=1S/C17H28N2O3S/c1-6-18(7-2)17(20)12-9-13-19(23(5,21)22)16-11-8-10-14(3)15(16)4/h8,10-11H,6-7,9,12-13H2,1-5H3. The lowest BCUT2D eigenvalue weighted by atomic mass is 10.1. The Bertz CT molecular complexity index is 637. The van der Waals surface area contributed by atoms with E-state index < -0.39 is 10.0 Å². The zero-order valence-electron chi connectivity index (χ0n) is 14.8. The van der Waals surface area contributed by atoms with Crippen molar-refractivity contribution in [1.82, 2.24) is 4.90 Å². The minimum Gasteiger partial charge on any atom is -0.343 e. The van der Waals surface area contributed by atoms with Crippen molar-refractivity contribution in [1.29, 1.82) is 0 Å². The fourth-order valence-electron chi connectivity index (χ4n) is 2.58. The summed E-state index contributed by atoms with van der Waals surface area (Å²) in [5.41, 5.74) is 2.70. The van der Waals surface area contributed by atoms with E-state index in [1.165, 1.54) is 10.6 Å². The second-order valence-corrected chi connectivity index (χ2v) is 7.63. The van der Waals surface area contributed by atoms with Gasteiger partial charge in [0.15, 0.2) is 0 Å². The van der Waals surface area contributed by atoms with E-state index in [9.17, 15) is 13.2 Å². The van der Waals surface area contributed by atoms with E-state index in [0.717, 1.165) is 11.1 Å². The van der Waals surface area contributed by atoms with Crippen LogP contribution in [0.4, 0.5) is 5.69 Å². The van der Waals surface area contributed by atoms with Gasteiger partial charge in [-0.15, -0.1) is 0 Å². The lowest BCUT2D eigenvalue weighted by Crippen LogP contribution is -2.34. The second kappa shape index (κ2) is 8.34. The topological polar surface area (TPSA) is 57.7 Å². The maximum Gasteiger partial charge on any atom is 0.232 e. The highest BCUT2D eigenvalue weighted by atomic mass is 32.2. The van der Waals surface area contributed by atoms with Crippen molar-refractivity contribution in [3.63, 3.8) is 0 Å². The molecular formula is C17H28N2O3S. The van der Waals surface area contributed by atoms with Crippen LogP contribution in [-0.2, 0) is 14.8 Å². The summed E-state index contributed by atoms with van der Waals surface area (Å²) in [4.78, 5) is 13.8. The van der Waals surface area contributed by atoms with Gasteiger partial charge in [-0.1, -0.05) is 12.1 Å². The van der Waals surface area contributed by atoms with E-state index in [-0.39, 0.29) is 5.91 Å². The molecule has 23 heavy (non-hydrogen) atoms. The van der Waals surface area contributed by atoms with E-state index >= 15 is 0 Å². The van der Waals surface area contributed by atoms with Crippen LogP contribution in [0.5, 0.6) is 0 Å². The molecule has 0 fully saturated rings. The molecule has 0 aliphatic heterocycles. The molecule has 1 rings (SSSR count). The number of hydrogen-bond acceptors (Lipinski definition) is 3. The molecule has 0 aliphatic rings. The fourth-order valence-corrected chi connectivity index (χ4v) is 3.59. The van der Waals surface area contributed by atoms with E-state index in [1.54, 1.807) is 4.90 Å². The highest BCUT2D eigenvalue weighted by molar-refractivity contribution is 7.92. The average molecular weight is 340 g/mol. The minimum atomic E-state index is -3.38. The van der Waals surface area contributed by atoms with Gasteiger partial charge in [-0.25, -0.2) is 8.42 Å². The molecule has 0 saturated carbocycles. The molecule has 5 nitrogen and oxygen atoms in total. The number of rotatable bonds is 8. The summed E-state index contributed by atoms with van der Waals surface area (Å²) in [6.45, 7) is 9.45. The molecule has 130 valence electrons. The smallest absolute Gasteiger partial charge is 0.232 e. The van der Waals surface area contributed by atoms with E-state index in [1.807, 2.05) is 45.9 Å². The third kappa shape index (κ3) is 5.23. The molecule has 0 radical (unpaired) electrons. The van der Waals surface area contributed by atoms with Gasteiger partial charge in [0.05, 0.1) is 11.9 Å². The predicted molar refractivity (Wildman–Crippen MR) is 95.3 cm³/mol. The molecule has 1 aromatic carbocycles. The van der Waals surface area contributed by atoms with E-state index in [4.69, 9.17) is 0 Å². The van der Waals surface area contributed by atoms with Crippen molar-refractivity contribution in [2.75, 3.05) is 30.2 Å². The zero-order valence-corrected chi connectivity index (χ0v) is 15.6. The number of aryl methyl sites for hydroxylation is 1.